The molecule has 0 fully saturated rings. The smallest absolute Gasteiger partial charge is 0.313 e. The molecule has 2 aromatic carbocycles. The first-order chi connectivity index (χ1) is 11.5. The van der Waals surface area contributed by atoms with E-state index in [9.17, 15) is 13.8 Å². The highest BCUT2D eigenvalue weighted by atomic mass is 35.5. The summed E-state index contributed by atoms with van der Waals surface area (Å²) in [7, 11) is -1.13. The minimum atomic E-state index is -1.13. The van der Waals surface area contributed by atoms with E-state index in [1.165, 1.54) is 0 Å². The highest BCUT2D eigenvalue weighted by molar-refractivity contribution is 7.84. The molecule has 24 heavy (non-hydrogen) atoms. The summed E-state index contributed by atoms with van der Waals surface area (Å²) in [6, 6.07) is 15.0. The number of anilines is 1. The van der Waals surface area contributed by atoms with E-state index in [2.05, 4.69) is 10.6 Å². The minimum absolute atomic E-state index is 0.226. The minimum Gasteiger partial charge on any atom is -0.340 e. The van der Waals surface area contributed by atoms with Crippen LogP contribution >= 0.6 is 11.6 Å². The van der Waals surface area contributed by atoms with Gasteiger partial charge in [-0.3, -0.25) is 13.8 Å². The molecule has 0 spiro atoms. The van der Waals surface area contributed by atoms with Crippen LogP contribution < -0.4 is 10.6 Å². The van der Waals surface area contributed by atoms with Crippen LogP contribution in [0.1, 0.15) is 11.6 Å². The summed E-state index contributed by atoms with van der Waals surface area (Å²) >= 11 is 5.78. The van der Waals surface area contributed by atoms with E-state index in [0.717, 1.165) is 5.56 Å². The maximum absolute atomic E-state index is 12.1. The van der Waals surface area contributed by atoms with Gasteiger partial charge in [0, 0.05) is 33.5 Å². The molecule has 2 rings (SSSR count). The van der Waals surface area contributed by atoms with Gasteiger partial charge in [-0.2, -0.15) is 0 Å². The Morgan fingerprint density at radius 1 is 1.04 bits per heavy atom. The number of halogens is 1. The molecular formula is C17H17ClN2O3S. The van der Waals surface area contributed by atoms with E-state index in [1.54, 1.807) is 30.5 Å². The monoisotopic (exact) mass is 364 g/mol. The first-order valence-electron chi connectivity index (χ1n) is 7.18. The van der Waals surface area contributed by atoms with Gasteiger partial charge in [0.15, 0.2) is 0 Å². The Labute approximate surface area is 147 Å². The molecule has 0 bridgehead atoms. The third-order valence-electron chi connectivity index (χ3n) is 3.22. The molecule has 2 amide bonds. The van der Waals surface area contributed by atoms with Crippen molar-refractivity contribution in [3.05, 3.63) is 65.2 Å². The summed E-state index contributed by atoms with van der Waals surface area (Å²) in [5, 5.41) is 5.65. The number of carbonyl (C=O) groups excluding carboxylic acids is 2. The van der Waals surface area contributed by atoms with Gasteiger partial charge in [0.2, 0.25) is 0 Å². The van der Waals surface area contributed by atoms with E-state index in [-0.39, 0.29) is 5.75 Å². The Hall–Kier alpha value is -2.18. The van der Waals surface area contributed by atoms with Crippen molar-refractivity contribution in [2.24, 2.45) is 0 Å². The predicted octanol–water partition coefficient (Wildman–Crippen LogP) is 2.51. The molecule has 0 aliphatic heterocycles. The summed E-state index contributed by atoms with van der Waals surface area (Å²) in [4.78, 5) is 24.1. The van der Waals surface area contributed by atoms with Crippen molar-refractivity contribution in [2.75, 3.05) is 17.3 Å². The molecule has 0 aromatic heterocycles. The lowest BCUT2D eigenvalue weighted by atomic mass is 10.1. The number of rotatable bonds is 5. The van der Waals surface area contributed by atoms with Crippen LogP contribution in [0.2, 0.25) is 5.02 Å². The van der Waals surface area contributed by atoms with E-state index in [4.69, 9.17) is 11.6 Å². The van der Waals surface area contributed by atoms with Crippen LogP contribution in [0, 0.1) is 0 Å². The topological polar surface area (TPSA) is 75.3 Å². The number of benzene rings is 2. The van der Waals surface area contributed by atoms with Crippen molar-refractivity contribution in [3.8, 4) is 0 Å². The molecular weight excluding hydrogens is 348 g/mol. The highest BCUT2D eigenvalue weighted by Crippen LogP contribution is 2.15. The van der Waals surface area contributed by atoms with Crippen molar-refractivity contribution >= 4 is 39.9 Å². The molecule has 7 heteroatoms. The van der Waals surface area contributed by atoms with Gasteiger partial charge in [0.05, 0.1) is 6.04 Å². The fourth-order valence-corrected chi connectivity index (χ4v) is 2.96. The number of carbonyl (C=O) groups is 2. The Morgan fingerprint density at radius 3 is 2.25 bits per heavy atom. The van der Waals surface area contributed by atoms with Crippen LogP contribution in [-0.4, -0.2) is 28.0 Å². The first kappa shape index (κ1) is 18.2. The lowest BCUT2D eigenvalue weighted by Crippen LogP contribution is -2.39. The average molecular weight is 365 g/mol. The van der Waals surface area contributed by atoms with Crippen LogP contribution in [0.4, 0.5) is 5.69 Å². The summed E-state index contributed by atoms with van der Waals surface area (Å²) in [5.41, 5.74) is 1.26. The third kappa shape index (κ3) is 5.47. The van der Waals surface area contributed by atoms with Crippen LogP contribution in [0.15, 0.2) is 54.6 Å². The van der Waals surface area contributed by atoms with Gasteiger partial charge in [-0.25, -0.2) is 0 Å². The van der Waals surface area contributed by atoms with Crippen LogP contribution in [0.5, 0.6) is 0 Å². The second-order valence-electron chi connectivity index (χ2n) is 5.14. The van der Waals surface area contributed by atoms with Crippen molar-refractivity contribution in [2.45, 2.75) is 6.04 Å². The van der Waals surface area contributed by atoms with Gasteiger partial charge >= 0.3 is 11.8 Å². The van der Waals surface area contributed by atoms with Crippen LogP contribution in [-0.2, 0) is 20.4 Å². The second-order valence-corrected chi connectivity index (χ2v) is 7.05. The zero-order valence-electron chi connectivity index (χ0n) is 13.0. The zero-order chi connectivity index (χ0) is 17.5. The first-order valence-corrected chi connectivity index (χ1v) is 9.28. The Bertz CT molecular complexity index is 735. The number of hydrogen-bond acceptors (Lipinski definition) is 3. The summed E-state index contributed by atoms with van der Waals surface area (Å²) < 4.78 is 11.5. The SMILES string of the molecule is C[S@@](=O)C[C@H](NC(=O)C(=O)Nc1ccc(Cl)cc1)c1ccccc1. The Balaban J connectivity index is 2.05. The summed E-state index contributed by atoms with van der Waals surface area (Å²) in [6.07, 6.45) is 1.55. The molecule has 0 radical (unpaired) electrons. The van der Waals surface area contributed by atoms with Gasteiger partial charge in [-0.05, 0) is 29.8 Å². The van der Waals surface area contributed by atoms with Crippen molar-refractivity contribution < 1.29 is 13.8 Å². The molecule has 0 saturated carbocycles. The highest BCUT2D eigenvalue weighted by Gasteiger charge is 2.21. The maximum Gasteiger partial charge on any atom is 0.313 e. The van der Waals surface area contributed by atoms with E-state index in [1.807, 2.05) is 30.3 Å². The molecule has 0 unspecified atom stereocenters. The molecule has 0 aliphatic rings. The average Bonchev–Trinajstić information content (AvgIpc) is 2.56. The number of hydrogen-bond donors (Lipinski definition) is 2. The quantitative estimate of drug-likeness (QED) is 0.800. The summed E-state index contributed by atoms with van der Waals surface area (Å²) in [5.74, 6) is -1.35. The molecule has 2 aromatic rings. The van der Waals surface area contributed by atoms with E-state index >= 15 is 0 Å². The molecule has 0 aliphatic carbocycles. The lowest BCUT2D eigenvalue weighted by molar-refractivity contribution is -0.136. The van der Waals surface area contributed by atoms with Gasteiger partial charge in [0.25, 0.3) is 0 Å². The Morgan fingerprint density at radius 2 is 1.67 bits per heavy atom. The van der Waals surface area contributed by atoms with Crippen molar-refractivity contribution in [3.63, 3.8) is 0 Å². The standard InChI is InChI=1S/C17H17ClN2O3S/c1-24(23)11-15(12-5-3-2-4-6-12)20-17(22)16(21)19-14-9-7-13(18)8-10-14/h2-10,15H,11H2,1H3,(H,19,21)(H,20,22)/t15-,24+/m0/s1. The molecule has 5 nitrogen and oxygen atoms in total. The van der Waals surface area contributed by atoms with Gasteiger partial charge in [-0.1, -0.05) is 41.9 Å². The number of amides is 2. The van der Waals surface area contributed by atoms with E-state index < -0.39 is 28.7 Å². The normalized spacial score (nSPS) is 12.9. The van der Waals surface area contributed by atoms with Crippen molar-refractivity contribution in [1.29, 1.82) is 0 Å². The maximum atomic E-state index is 12.1. The number of nitrogens with one attached hydrogen (secondary N) is 2. The lowest BCUT2D eigenvalue weighted by Gasteiger charge is -2.18. The third-order valence-corrected chi connectivity index (χ3v) is 4.27. The fraction of sp³-hybridized carbons (Fsp3) is 0.176. The van der Waals surface area contributed by atoms with Gasteiger partial charge in [0.1, 0.15) is 0 Å². The fourth-order valence-electron chi connectivity index (χ4n) is 2.09. The largest absolute Gasteiger partial charge is 0.340 e. The zero-order valence-corrected chi connectivity index (χ0v) is 14.6. The van der Waals surface area contributed by atoms with Crippen molar-refractivity contribution in [1.82, 2.24) is 5.32 Å². The molecule has 2 atom stereocenters. The van der Waals surface area contributed by atoms with Crippen LogP contribution in [0.3, 0.4) is 0 Å². The molecule has 0 saturated heterocycles. The molecule has 2 N–H and O–H groups in total. The molecule has 0 heterocycles. The predicted molar refractivity (Wildman–Crippen MR) is 96.3 cm³/mol. The van der Waals surface area contributed by atoms with Gasteiger partial charge in [-0.15, -0.1) is 0 Å². The van der Waals surface area contributed by atoms with Gasteiger partial charge < -0.3 is 10.6 Å². The second kappa shape index (κ2) is 8.61. The Kier molecular flexibility index (Phi) is 6.52. The van der Waals surface area contributed by atoms with Crippen LogP contribution in [0.25, 0.3) is 0 Å². The summed E-state index contributed by atoms with van der Waals surface area (Å²) in [6.45, 7) is 0. The van der Waals surface area contributed by atoms with E-state index in [0.29, 0.717) is 10.7 Å². The molecule has 126 valence electrons.